The Labute approximate surface area is 126 Å². The van der Waals surface area contributed by atoms with Crippen LogP contribution in [-0.4, -0.2) is 31.8 Å². The SMILES string of the molecule is CCN(CC1CCCO1)c1cccc(F)c1CNC1CC1. The topological polar surface area (TPSA) is 24.5 Å². The van der Waals surface area contributed by atoms with Crippen molar-refractivity contribution in [3.63, 3.8) is 0 Å². The van der Waals surface area contributed by atoms with Gasteiger partial charge < -0.3 is 15.0 Å². The molecule has 2 aliphatic rings. The molecule has 1 saturated carbocycles. The summed E-state index contributed by atoms with van der Waals surface area (Å²) in [7, 11) is 0. The van der Waals surface area contributed by atoms with Crippen molar-refractivity contribution in [3.8, 4) is 0 Å². The van der Waals surface area contributed by atoms with Gasteiger partial charge in [-0.1, -0.05) is 6.07 Å². The van der Waals surface area contributed by atoms with Crippen molar-refractivity contribution in [3.05, 3.63) is 29.6 Å². The minimum atomic E-state index is -0.105. The fourth-order valence-corrected chi connectivity index (χ4v) is 2.98. The molecule has 1 heterocycles. The van der Waals surface area contributed by atoms with Crippen molar-refractivity contribution in [1.82, 2.24) is 5.32 Å². The van der Waals surface area contributed by atoms with E-state index in [1.807, 2.05) is 12.1 Å². The van der Waals surface area contributed by atoms with Gasteiger partial charge in [-0.2, -0.15) is 0 Å². The minimum Gasteiger partial charge on any atom is -0.376 e. The number of anilines is 1. The Bertz CT molecular complexity index is 470. The molecule has 1 saturated heterocycles. The van der Waals surface area contributed by atoms with Gasteiger partial charge in [-0.3, -0.25) is 0 Å². The molecule has 0 spiro atoms. The summed E-state index contributed by atoms with van der Waals surface area (Å²) in [5.74, 6) is -0.105. The summed E-state index contributed by atoms with van der Waals surface area (Å²) < 4.78 is 20.0. The van der Waals surface area contributed by atoms with Gasteiger partial charge in [0, 0.05) is 43.5 Å². The standard InChI is InChI=1S/C17H25FN2O/c1-2-20(12-14-5-4-10-21-14)17-7-3-6-16(18)15(17)11-19-13-8-9-13/h3,6-7,13-14,19H,2,4-5,8-12H2,1H3. The van der Waals surface area contributed by atoms with Crippen LogP contribution in [0.3, 0.4) is 0 Å². The summed E-state index contributed by atoms with van der Waals surface area (Å²) in [6.45, 7) is 5.34. The van der Waals surface area contributed by atoms with Crippen molar-refractivity contribution in [1.29, 1.82) is 0 Å². The molecule has 1 atom stereocenters. The number of benzene rings is 1. The lowest BCUT2D eigenvalue weighted by molar-refractivity contribution is 0.115. The van der Waals surface area contributed by atoms with Crippen LogP contribution in [0.4, 0.5) is 10.1 Å². The maximum absolute atomic E-state index is 14.2. The number of rotatable bonds is 7. The highest BCUT2D eigenvalue weighted by Crippen LogP contribution is 2.27. The van der Waals surface area contributed by atoms with Crippen LogP contribution in [0.15, 0.2) is 18.2 Å². The molecule has 1 N–H and O–H groups in total. The number of ether oxygens (including phenoxy) is 1. The van der Waals surface area contributed by atoms with E-state index in [0.717, 1.165) is 43.8 Å². The van der Waals surface area contributed by atoms with Gasteiger partial charge in [0.1, 0.15) is 5.82 Å². The summed E-state index contributed by atoms with van der Waals surface area (Å²) in [6.07, 6.45) is 4.98. The molecule has 0 amide bonds. The van der Waals surface area contributed by atoms with E-state index in [4.69, 9.17) is 4.74 Å². The molecule has 1 aromatic rings. The Hall–Kier alpha value is -1.13. The monoisotopic (exact) mass is 292 g/mol. The van der Waals surface area contributed by atoms with Crippen LogP contribution in [0.1, 0.15) is 38.2 Å². The maximum atomic E-state index is 14.2. The second-order valence-electron chi connectivity index (χ2n) is 6.07. The zero-order chi connectivity index (χ0) is 14.7. The van der Waals surface area contributed by atoms with E-state index in [1.54, 1.807) is 6.07 Å². The van der Waals surface area contributed by atoms with Gasteiger partial charge in [0.2, 0.25) is 0 Å². The number of nitrogens with zero attached hydrogens (tertiary/aromatic N) is 1. The molecule has 0 aromatic heterocycles. The summed E-state index contributed by atoms with van der Waals surface area (Å²) in [5.41, 5.74) is 1.81. The van der Waals surface area contributed by atoms with Crippen LogP contribution in [0.2, 0.25) is 0 Å². The van der Waals surface area contributed by atoms with Crippen LogP contribution in [-0.2, 0) is 11.3 Å². The Kier molecular flexibility index (Phi) is 4.76. The first kappa shape index (κ1) is 14.8. The second-order valence-corrected chi connectivity index (χ2v) is 6.07. The zero-order valence-corrected chi connectivity index (χ0v) is 12.8. The molecule has 116 valence electrons. The molecular weight excluding hydrogens is 267 g/mol. The van der Waals surface area contributed by atoms with Gasteiger partial charge in [0.15, 0.2) is 0 Å². The van der Waals surface area contributed by atoms with Crippen molar-refractivity contribution < 1.29 is 9.13 Å². The number of halogens is 1. The highest BCUT2D eigenvalue weighted by atomic mass is 19.1. The van der Waals surface area contributed by atoms with E-state index in [0.29, 0.717) is 12.6 Å². The van der Waals surface area contributed by atoms with E-state index < -0.39 is 0 Å². The molecule has 3 rings (SSSR count). The highest BCUT2D eigenvalue weighted by molar-refractivity contribution is 5.54. The van der Waals surface area contributed by atoms with Crippen molar-refractivity contribution in [2.45, 2.75) is 51.3 Å². The third-order valence-corrected chi connectivity index (χ3v) is 4.41. The van der Waals surface area contributed by atoms with Crippen molar-refractivity contribution in [2.75, 3.05) is 24.6 Å². The molecule has 1 aliphatic carbocycles. The Morgan fingerprint density at radius 1 is 1.33 bits per heavy atom. The smallest absolute Gasteiger partial charge is 0.129 e. The average Bonchev–Trinajstić information content (AvgIpc) is 3.18. The molecule has 21 heavy (non-hydrogen) atoms. The lowest BCUT2D eigenvalue weighted by Crippen LogP contribution is -2.33. The van der Waals surface area contributed by atoms with Crippen LogP contribution < -0.4 is 10.2 Å². The van der Waals surface area contributed by atoms with Gasteiger partial charge in [0.05, 0.1) is 6.10 Å². The molecular formula is C17H25FN2O. The Morgan fingerprint density at radius 2 is 2.19 bits per heavy atom. The fourth-order valence-electron chi connectivity index (χ4n) is 2.98. The minimum absolute atomic E-state index is 0.105. The first-order valence-electron chi connectivity index (χ1n) is 8.15. The maximum Gasteiger partial charge on any atom is 0.129 e. The Balaban J connectivity index is 1.74. The number of hydrogen-bond donors (Lipinski definition) is 1. The van der Waals surface area contributed by atoms with E-state index in [-0.39, 0.29) is 11.9 Å². The number of hydrogen-bond acceptors (Lipinski definition) is 3. The fraction of sp³-hybridized carbons (Fsp3) is 0.647. The molecule has 2 fully saturated rings. The first-order chi connectivity index (χ1) is 10.3. The zero-order valence-electron chi connectivity index (χ0n) is 12.8. The van der Waals surface area contributed by atoms with Crippen LogP contribution in [0, 0.1) is 5.82 Å². The van der Waals surface area contributed by atoms with Gasteiger partial charge in [0.25, 0.3) is 0 Å². The van der Waals surface area contributed by atoms with Gasteiger partial charge in [-0.25, -0.2) is 4.39 Å². The molecule has 0 radical (unpaired) electrons. The third kappa shape index (κ3) is 3.74. The molecule has 1 aromatic carbocycles. The van der Waals surface area contributed by atoms with E-state index in [2.05, 4.69) is 17.1 Å². The molecule has 1 aliphatic heterocycles. The molecule has 3 nitrogen and oxygen atoms in total. The van der Waals surface area contributed by atoms with Crippen molar-refractivity contribution in [2.24, 2.45) is 0 Å². The number of likely N-dealkylation sites (N-methyl/N-ethyl adjacent to an activating group) is 1. The highest BCUT2D eigenvalue weighted by Gasteiger charge is 2.24. The van der Waals surface area contributed by atoms with Gasteiger partial charge in [-0.05, 0) is 44.7 Å². The van der Waals surface area contributed by atoms with Crippen LogP contribution in [0.5, 0.6) is 0 Å². The third-order valence-electron chi connectivity index (χ3n) is 4.41. The van der Waals surface area contributed by atoms with Crippen LogP contribution >= 0.6 is 0 Å². The van der Waals surface area contributed by atoms with E-state index >= 15 is 0 Å². The quantitative estimate of drug-likeness (QED) is 0.836. The molecule has 0 bridgehead atoms. The second kappa shape index (κ2) is 6.75. The lowest BCUT2D eigenvalue weighted by atomic mass is 10.1. The van der Waals surface area contributed by atoms with Gasteiger partial charge in [-0.15, -0.1) is 0 Å². The summed E-state index contributed by atoms with van der Waals surface area (Å²) >= 11 is 0. The summed E-state index contributed by atoms with van der Waals surface area (Å²) in [4.78, 5) is 2.25. The average molecular weight is 292 g/mol. The largest absolute Gasteiger partial charge is 0.376 e. The number of nitrogens with one attached hydrogen (secondary N) is 1. The molecule has 4 heteroatoms. The predicted molar refractivity (Wildman–Crippen MR) is 83.1 cm³/mol. The Morgan fingerprint density at radius 3 is 2.86 bits per heavy atom. The summed E-state index contributed by atoms with van der Waals surface area (Å²) in [6, 6.07) is 5.99. The van der Waals surface area contributed by atoms with E-state index in [9.17, 15) is 4.39 Å². The summed E-state index contributed by atoms with van der Waals surface area (Å²) in [5, 5.41) is 3.43. The van der Waals surface area contributed by atoms with Gasteiger partial charge >= 0.3 is 0 Å². The van der Waals surface area contributed by atoms with E-state index in [1.165, 1.54) is 12.8 Å². The predicted octanol–water partition coefficient (Wildman–Crippen LogP) is 3.08. The lowest BCUT2D eigenvalue weighted by Gasteiger charge is -2.28. The van der Waals surface area contributed by atoms with Crippen LogP contribution in [0.25, 0.3) is 0 Å². The first-order valence-corrected chi connectivity index (χ1v) is 8.15. The normalized spacial score (nSPS) is 21.7. The molecule has 1 unspecified atom stereocenters. The van der Waals surface area contributed by atoms with Crippen molar-refractivity contribution >= 4 is 5.69 Å².